The molecule has 0 spiro atoms. The van der Waals surface area contributed by atoms with Gasteiger partial charge in [0.05, 0.1) is 0 Å². The van der Waals surface area contributed by atoms with Gasteiger partial charge in [0.2, 0.25) is 0 Å². The van der Waals surface area contributed by atoms with Crippen LogP contribution in [0.3, 0.4) is 0 Å². The Morgan fingerprint density at radius 2 is 1.95 bits per heavy atom. The van der Waals surface area contributed by atoms with Crippen LogP contribution in [0.2, 0.25) is 0 Å². The summed E-state index contributed by atoms with van der Waals surface area (Å²) in [7, 11) is 0. The lowest BCUT2D eigenvalue weighted by atomic mass is 9.78. The Morgan fingerprint density at radius 3 is 2.68 bits per heavy atom. The van der Waals surface area contributed by atoms with E-state index in [0.717, 1.165) is 47.6 Å². The fourth-order valence-electron chi connectivity index (χ4n) is 4.84. The van der Waals surface area contributed by atoms with Gasteiger partial charge in [-0.05, 0) is 54.6 Å². The van der Waals surface area contributed by atoms with E-state index in [1.807, 2.05) is 6.07 Å². The van der Waals surface area contributed by atoms with E-state index in [0.29, 0.717) is 23.3 Å². The molecule has 0 heterocycles. The topological polar surface area (TPSA) is 40.5 Å². The number of phenols is 2. The maximum Gasteiger partial charge on any atom is 0.127 e. The van der Waals surface area contributed by atoms with Crippen LogP contribution >= 0.6 is 0 Å². The van der Waals surface area contributed by atoms with Crippen molar-refractivity contribution in [2.75, 3.05) is 0 Å². The molecule has 2 atom stereocenters. The third-order valence-electron chi connectivity index (χ3n) is 5.75. The summed E-state index contributed by atoms with van der Waals surface area (Å²) in [5.74, 6) is 1.83. The van der Waals surface area contributed by atoms with Crippen molar-refractivity contribution in [2.45, 2.75) is 57.8 Å². The molecule has 4 rings (SSSR count). The van der Waals surface area contributed by atoms with E-state index in [2.05, 4.69) is 32.9 Å². The minimum atomic E-state index is 0.0480. The summed E-state index contributed by atoms with van der Waals surface area (Å²) in [6.45, 7) is 6.63. The lowest BCUT2D eigenvalue weighted by Gasteiger charge is -2.27. The molecular weight excluding hydrogens is 272 g/mol. The first-order valence-corrected chi connectivity index (χ1v) is 8.41. The molecule has 0 saturated heterocycles. The van der Waals surface area contributed by atoms with Crippen LogP contribution in [-0.2, 0) is 11.8 Å². The van der Waals surface area contributed by atoms with Crippen LogP contribution in [0.4, 0.5) is 0 Å². The molecule has 2 unspecified atom stereocenters. The van der Waals surface area contributed by atoms with E-state index in [1.165, 1.54) is 5.56 Å². The highest BCUT2D eigenvalue weighted by Gasteiger charge is 2.49. The number of fused-ring (bicyclic) bond motifs is 6. The summed E-state index contributed by atoms with van der Waals surface area (Å²) in [5, 5.41) is 23.4. The third kappa shape index (κ3) is 1.73. The summed E-state index contributed by atoms with van der Waals surface area (Å²) in [5.41, 5.74) is 3.32. The highest BCUT2D eigenvalue weighted by atomic mass is 16.3. The fraction of sp³-hybridized carbons (Fsp3) is 0.500. The Kier molecular flexibility index (Phi) is 2.79. The van der Waals surface area contributed by atoms with Crippen LogP contribution < -0.4 is 0 Å². The van der Waals surface area contributed by atoms with Crippen molar-refractivity contribution < 1.29 is 10.2 Å². The maximum atomic E-state index is 10.9. The van der Waals surface area contributed by atoms with Crippen molar-refractivity contribution in [3.63, 3.8) is 0 Å². The Balaban J connectivity index is 1.99. The molecule has 2 aromatic carbocycles. The van der Waals surface area contributed by atoms with Gasteiger partial charge in [-0.15, -0.1) is 0 Å². The quantitative estimate of drug-likeness (QED) is 0.767. The van der Waals surface area contributed by atoms with E-state index < -0.39 is 0 Å². The lowest BCUT2D eigenvalue weighted by molar-refractivity contribution is 0.427. The Morgan fingerprint density at radius 1 is 1.18 bits per heavy atom. The average molecular weight is 296 g/mol. The van der Waals surface area contributed by atoms with Gasteiger partial charge in [-0.3, -0.25) is 0 Å². The number of aromatic hydroxyl groups is 2. The number of rotatable bonds is 2. The van der Waals surface area contributed by atoms with Crippen LogP contribution in [0.1, 0.15) is 62.6 Å². The highest BCUT2D eigenvalue weighted by Crippen LogP contribution is 2.63. The van der Waals surface area contributed by atoms with Crippen molar-refractivity contribution >= 4 is 10.8 Å². The van der Waals surface area contributed by atoms with Gasteiger partial charge in [-0.2, -0.15) is 0 Å². The molecule has 2 nitrogen and oxygen atoms in total. The normalized spacial score (nSPS) is 26.1. The summed E-state index contributed by atoms with van der Waals surface area (Å²) in [6, 6.07) is 6.14. The first-order chi connectivity index (χ1) is 10.4. The fourth-order valence-corrected chi connectivity index (χ4v) is 4.84. The summed E-state index contributed by atoms with van der Waals surface area (Å²) in [6.07, 6.45) is 4.31. The van der Waals surface area contributed by atoms with Gasteiger partial charge in [0, 0.05) is 21.9 Å². The van der Waals surface area contributed by atoms with Gasteiger partial charge in [0.15, 0.2) is 0 Å². The lowest BCUT2D eigenvalue weighted by Crippen LogP contribution is -2.16. The first-order valence-electron chi connectivity index (χ1n) is 8.41. The van der Waals surface area contributed by atoms with Gasteiger partial charge in [0.1, 0.15) is 11.5 Å². The largest absolute Gasteiger partial charge is 0.507 e. The minimum Gasteiger partial charge on any atom is -0.507 e. The molecule has 0 aliphatic heterocycles. The molecule has 2 heteroatoms. The number of hydrogen-bond donors (Lipinski definition) is 2. The molecule has 1 saturated carbocycles. The molecule has 0 aromatic heterocycles. The van der Waals surface area contributed by atoms with Gasteiger partial charge in [0.25, 0.3) is 0 Å². The molecule has 2 bridgehead atoms. The van der Waals surface area contributed by atoms with Crippen LogP contribution in [0, 0.1) is 5.92 Å². The molecule has 116 valence electrons. The Bertz CT molecular complexity index is 775. The van der Waals surface area contributed by atoms with E-state index in [1.54, 1.807) is 0 Å². The third-order valence-corrected chi connectivity index (χ3v) is 5.75. The number of phenolic OH excluding ortho intramolecular Hbond substituents is 2. The molecule has 2 aliphatic carbocycles. The molecule has 2 aliphatic rings. The van der Waals surface area contributed by atoms with Gasteiger partial charge >= 0.3 is 0 Å². The van der Waals surface area contributed by atoms with Gasteiger partial charge in [-0.1, -0.05) is 32.9 Å². The second-order valence-electron chi connectivity index (χ2n) is 7.96. The summed E-state index contributed by atoms with van der Waals surface area (Å²) < 4.78 is 0. The number of hydrogen-bond acceptors (Lipinski definition) is 2. The predicted octanol–water partition coefficient (Wildman–Crippen LogP) is 4.99. The Labute approximate surface area is 131 Å². The Hall–Kier alpha value is -1.70. The first kappa shape index (κ1) is 13.9. The second kappa shape index (κ2) is 4.41. The van der Waals surface area contributed by atoms with E-state index in [9.17, 15) is 10.2 Å². The van der Waals surface area contributed by atoms with Gasteiger partial charge < -0.3 is 10.2 Å². The SMILES string of the molecule is CC(C)Cc1ccc2c(O)c3c(c(O)c2c1)C1CCC3(C)C1. The van der Waals surface area contributed by atoms with Crippen molar-refractivity contribution in [1.82, 2.24) is 0 Å². The molecule has 1 fully saturated rings. The summed E-state index contributed by atoms with van der Waals surface area (Å²) >= 11 is 0. The minimum absolute atomic E-state index is 0.0480. The monoisotopic (exact) mass is 296 g/mol. The zero-order valence-corrected chi connectivity index (χ0v) is 13.6. The van der Waals surface area contributed by atoms with Gasteiger partial charge in [-0.25, -0.2) is 0 Å². The predicted molar refractivity (Wildman–Crippen MR) is 89.8 cm³/mol. The number of benzene rings is 2. The maximum absolute atomic E-state index is 10.9. The van der Waals surface area contributed by atoms with E-state index >= 15 is 0 Å². The molecule has 2 aromatic rings. The molecule has 2 N–H and O–H groups in total. The summed E-state index contributed by atoms with van der Waals surface area (Å²) in [4.78, 5) is 0. The zero-order chi connectivity index (χ0) is 15.6. The van der Waals surface area contributed by atoms with Crippen molar-refractivity contribution in [1.29, 1.82) is 0 Å². The van der Waals surface area contributed by atoms with Crippen molar-refractivity contribution in [3.05, 3.63) is 34.9 Å². The molecular formula is C20H24O2. The second-order valence-corrected chi connectivity index (χ2v) is 7.96. The average Bonchev–Trinajstić information content (AvgIpc) is 2.97. The molecule has 0 radical (unpaired) electrons. The van der Waals surface area contributed by atoms with Crippen LogP contribution in [0.25, 0.3) is 10.8 Å². The van der Waals surface area contributed by atoms with Crippen molar-refractivity contribution in [3.8, 4) is 11.5 Å². The van der Waals surface area contributed by atoms with Crippen LogP contribution in [0.5, 0.6) is 11.5 Å². The smallest absolute Gasteiger partial charge is 0.127 e. The highest BCUT2D eigenvalue weighted by molar-refractivity contribution is 5.97. The van der Waals surface area contributed by atoms with Crippen LogP contribution in [-0.4, -0.2) is 10.2 Å². The van der Waals surface area contributed by atoms with E-state index in [-0.39, 0.29) is 5.41 Å². The van der Waals surface area contributed by atoms with E-state index in [4.69, 9.17) is 0 Å². The molecule has 0 amide bonds. The zero-order valence-electron chi connectivity index (χ0n) is 13.6. The molecule has 22 heavy (non-hydrogen) atoms. The standard InChI is InChI=1S/C20H24O2/c1-11(2)8-12-4-5-14-15(9-12)18(21)16-13-6-7-20(3,10-13)17(16)19(14)22/h4-5,9,11,13,21-22H,6-8,10H2,1-3H3. The van der Waals surface area contributed by atoms with Crippen LogP contribution in [0.15, 0.2) is 18.2 Å². The van der Waals surface area contributed by atoms with Crippen molar-refractivity contribution in [2.24, 2.45) is 5.92 Å².